The number of amides is 1. The van der Waals surface area contributed by atoms with Crippen LogP contribution in [0.2, 0.25) is 0 Å². The number of aliphatic hydroxyl groups excluding tert-OH is 3. The molecule has 0 spiro atoms. The molecular weight excluding hydrogens is 1200 g/mol. The summed E-state index contributed by atoms with van der Waals surface area (Å²) in [5, 5.41) is 33.1. The summed E-state index contributed by atoms with van der Waals surface area (Å²) >= 11 is 0. The average Bonchev–Trinajstić information content (AvgIpc) is 3.82. The minimum Gasteiger partial charge on any atom is -0.387 e. The van der Waals surface area contributed by atoms with Gasteiger partial charge in [0.05, 0.1) is 38.8 Å². The molecule has 6 aromatic rings. The van der Waals surface area contributed by atoms with E-state index in [1.807, 2.05) is 4.98 Å². The Morgan fingerprint density at radius 2 is 1.42 bits per heavy atom. The second-order valence-corrected chi connectivity index (χ2v) is 24.9. The number of nitrogens with zero attached hydrogens (tertiary/aromatic N) is 9. The summed E-state index contributed by atoms with van der Waals surface area (Å²) in [6.07, 6.45) is -14.4. The second kappa shape index (κ2) is 24.2. The van der Waals surface area contributed by atoms with E-state index in [1.54, 1.807) is 30.3 Å². The van der Waals surface area contributed by atoms with E-state index in [0.717, 1.165) is 42.2 Å². The molecule has 9 rings (SSSR count). The molecule has 38 nitrogen and oxygen atoms in total. The molecule has 0 saturated carbocycles. The lowest BCUT2D eigenvalue weighted by molar-refractivity contribution is -0.745. The summed E-state index contributed by atoms with van der Waals surface area (Å²) < 4.78 is 111. The molecule has 16 atom stereocenters. The Kier molecular flexibility index (Phi) is 18.0. The molecule has 3 aliphatic rings. The number of hydrogen-bond acceptors (Lipinski definition) is 27. The highest BCUT2D eigenvalue weighted by Crippen LogP contribution is 2.68. The standard InChI is InChI=1S/C41H53N13O25P4/c1-50(2)25(56)11-20-21(74-37(28(20)57)54-18-51(12-19-7-5-4-6-8-19)27-35(54)48-40(43)49-36(27)60)13-72-81(64,65)78-83(68,69)79-82(66,67)73-15-23-31(32(70-3)39(76-23)53-17-46-26-33(42)44-16-45-34(26)53)77-80(62,63)71-14-22-29(58)30(59)38(75-22)52-10-9-24(55)47-41(52)61/h4-10,16-18,20-23,28-32,37-39,57-59H,11-15H2,1-3H3,(H9-,42,43,44,45,47,48,49,55,60,61,62,63,64,65,66,67,68,69)/p+1/t20-,21-,22-,23-,28-,29-,30-,31-,32-,37?,38-,39-/m1/s1. The van der Waals surface area contributed by atoms with Gasteiger partial charge in [0.2, 0.25) is 17.7 Å². The number of nitrogens with two attached hydrogens (primary N) is 2. The van der Waals surface area contributed by atoms with Gasteiger partial charge in [-0.15, -0.1) is 0 Å². The van der Waals surface area contributed by atoms with Crippen molar-refractivity contribution in [2.24, 2.45) is 5.92 Å². The van der Waals surface area contributed by atoms with Crippen LogP contribution in [0.3, 0.4) is 0 Å². The molecule has 5 unspecified atom stereocenters. The van der Waals surface area contributed by atoms with Crippen LogP contribution in [-0.4, -0.2) is 179 Å². The van der Waals surface area contributed by atoms with E-state index in [9.17, 15) is 72.3 Å². The highest BCUT2D eigenvalue weighted by Gasteiger charge is 2.54. The third-order valence-electron chi connectivity index (χ3n) is 13.1. The third kappa shape index (κ3) is 13.6. The summed E-state index contributed by atoms with van der Waals surface area (Å²) in [6, 6.07) is 9.80. The number of benzene rings is 1. The number of rotatable bonds is 23. The van der Waals surface area contributed by atoms with Crippen LogP contribution in [0.4, 0.5) is 11.8 Å². The number of hydrogen-bond donors (Lipinski definition) is 11. The number of aromatic amines is 2. The normalized spacial score (nSPS) is 28.5. The van der Waals surface area contributed by atoms with Crippen molar-refractivity contribution < 1.29 is 108 Å². The predicted molar refractivity (Wildman–Crippen MR) is 273 cm³/mol. The SMILES string of the molecule is CO[C@@H]1[C@H](OP(=O)(O)OC[C@H]2O[C@@H](n3ccc(=O)[nH]c3=O)[C@H](O)[C@@H]2O)[C@@H](COP(=O)(O)OP(=O)(O)OP(=O)(O)OC[C@H]2OC([n+]3cn(Cc4ccccc4)c4c(=O)[nH]c(N)nc43)[C@H](O)[C@@H]2CC(=O)N(C)C)O[C@H]1n1cnc2c(N)ncnc21. The fourth-order valence-corrected chi connectivity index (χ4v) is 13.8. The summed E-state index contributed by atoms with van der Waals surface area (Å²) in [4.78, 5) is 115. The van der Waals surface area contributed by atoms with Gasteiger partial charge in [0.25, 0.3) is 17.1 Å². The van der Waals surface area contributed by atoms with E-state index in [2.05, 4.69) is 33.5 Å². The smallest absolute Gasteiger partial charge is 0.387 e. The lowest BCUT2D eigenvalue weighted by Gasteiger charge is -2.26. The fraction of sp³-hybridized carbons (Fsp3) is 0.488. The average molecular weight is 1250 g/mol. The maximum Gasteiger partial charge on any atom is 0.490 e. The molecule has 0 radical (unpaired) electrons. The van der Waals surface area contributed by atoms with E-state index in [0.29, 0.717) is 0 Å². The van der Waals surface area contributed by atoms with E-state index in [1.165, 1.54) is 39.0 Å². The molecule has 1 aromatic carbocycles. The zero-order chi connectivity index (χ0) is 60.1. The molecule has 1 amide bonds. The Morgan fingerprint density at radius 3 is 2.08 bits per heavy atom. The number of ether oxygens (including phenoxy) is 4. The minimum absolute atomic E-state index is 0.00363. The Hall–Kier alpha value is -5.89. The number of anilines is 2. The molecule has 3 fully saturated rings. The molecule has 3 saturated heterocycles. The minimum atomic E-state index is -6.26. The highest BCUT2D eigenvalue weighted by atomic mass is 31.3. The molecule has 452 valence electrons. The molecule has 42 heteroatoms. The van der Waals surface area contributed by atoms with Crippen molar-refractivity contribution >= 4 is 71.3 Å². The number of aromatic nitrogens is 10. The lowest BCUT2D eigenvalue weighted by atomic mass is 9.94. The number of nitrogens with one attached hydrogen (secondary N) is 2. The number of aliphatic hydroxyl groups is 3. The van der Waals surface area contributed by atoms with Gasteiger partial charge in [-0.2, -0.15) is 8.62 Å². The van der Waals surface area contributed by atoms with Crippen molar-refractivity contribution in [1.82, 2.24) is 48.5 Å². The quantitative estimate of drug-likeness (QED) is 0.0231. The lowest BCUT2D eigenvalue weighted by Crippen LogP contribution is -2.45. The largest absolute Gasteiger partial charge is 0.490 e. The van der Waals surface area contributed by atoms with Crippen LogP contribution in [0.15, 0.2) is 76.0 Å². The van der Waals surface area contributed by atoms with E-state index < -0.39 is 154 Å². The van der Waals surface area contributed by atoms with Gasteiger partial charge in [-0.25, -0.2) is 42.6 Å². The van der Waals surface area contributed by atoms with E-state index >= 15 is 0 Å². The number of fused-ring (bicyclic) bond motifs is 2. The van der Waals surface area contributed by atoms with Crippen molar-refractivity contribution in [3.05, 3.63) is 98.3 Å². The van der Waals surface area contributed by atoms with Crippen molar-refractivity contribution in [1.29, 1.82) is 0 Å². The highest BCUT2D eigenvalue weighted by molar-refractivity contribution is 7.66. The summed E-state index contributed by atoms with van der Waals surface area (Å²) in [5.74, 6) is -2.24. The van der Waals surface area contributed by atoms with Crippen LogP contribution in [0.5, 0.6) is 0 Å². The summed E-state index contributed by atoms with van der Waals surface area (Å²) in [5.41, 5.74) is 10.0. The number of H-pyrrole nitrogens is 2. The van der Waals surface area contributed by atoms with Crippen LogP contribution in [0.25, 0.3) is 22.3 Å². The molecular formula is C41H54N13O25P4+. The van der Waals surface area contributed by atoms with E-state index in [4.69, 9.17) is 48.5 Å². The van der Waals surface area contributed by atoms with Crippen LogP contribution in [0, 0.1) is 5.92 Å². The molecule has 0 aliphatic carbocycles. The molecule has 5 aromatic heterocycles. The van der Waals surface area contributed by atoms with Crippen molar-refractivity contribution in [2.45, 2.75) is 80.5 Å². The molecule has 0 bridgehead atoms. The number of phosphoric acid groups is 4. The zero-order valence-electron chi connectivity index (χ0n) is 43.2. The number of methoxy groups -OCH3 is 1. The topological polar surface area (TPSA) is 528 Å². The molecule has 13 N–H and O–H groups in total. The van der Waals surface area contributed by atoms with Crippen molar-refractivity contribution in [3.8, 4) is 0 Å². The van der Waals surface area contributed by atoms with Crippen LogP contribution >= 0.6 is 31.3 Å². The van der Waals surface area contributed by atoms with Gasteiger partial charge in [-0.1, -0.05) is 35.3 Å². The third-order valence-corrected chi connectivity index (χ3v) is 18.4. The number of imidazole rings is 2. The maximum atomic E-state index is 13.7. The van der Waals surface area contributed by atoms with Gasteiger partial charge >= 0.3 is 42.6 Å². The molecule has 3 aliphatic heterocycles. The molecule has 83 heavy (non-hydrogen) atoms. The monoisotopic (exact) mass is 1250 g/mol. The molecule has 8 heterocycles. The Labute approximate surface area is 464 Å². The first kappa shape index (κ1) is 61.7. The van der Waals surface area contributed by atoms with Gasteiger partial charge in [-0.3, -0.25) is 56.1 Å². The first-order valence-electron chi connectivity index (χ1n) is 24.2. The second-order valence-electron chi connectivity index (χ2n) is 18.9. The number of nitrogen functional groups attached to an aromatic ring is 2. The van der Waals surface area contributed by atoms with Gasteiger partial charge in [-0.05, 0) is 5.56 Å². The fourth-order valence-electron chi connectivity index (χ4n) is 9.32. The van der Waals surface area contributed by atoms with Gasteiger partial charge < -0.3 is 70.2 Å². The van der Waals surface area contributed by atoms with Crippen molar-refractivity contribution in [2.75, 3.05) is 52.5 Å². The number of carbonyl (C=O) groups is 1. The van der Waals surface area contributed by atoms with E-state index in [-0.39, 0.29) is 40.6 Å². The predicted octanol–water partition coefficient (Wildman–Crippen LogP) is -2.63. The summed E-state index contributed by atoms with van der Waals surface area (Å²) in [6.45, 7) is -3.28. The Balaban J connectivity index is 0.885. The van der Waals surface area contributed by atoms with Crippen LogP contribution in [-0.2, 0) is 75.3 Å². The van der Waals surface area contributed by atoms with Crippen LogP contribution in [0.1, 0.15) is 30.7 Å². The van der Waals surface area contributed by atoms with Crippen LogP contribution < -0.4 is 32.8 Å². The van der Waals surface area contributed by atoms with Crippen molar-refractivity contribution in [3.63, 3.8) is 0 Å². The number of phosphoric ester groups is 3. The number of carbonyl (C=O) groups excluding carboxylic acids is 1. The zero-order valence-corrected chi connectivity index (χ0v) is 46.8. The van der Waals surface area contributed by atoms with Gasteiger partial charge in [0.1, 0.15) is 54.6 Å². The maximum absolute atomic E-state index is 13.7. The van der Waals surface area contributed by atoms with Gasteiger partial charge in [0.15, 0.2) is 30.2 Å². The first-order valence-corrected chi connectivity index (χ1v) is 30.2. The van der Waals surface area contributed by atoms with Gasteiger partial charge in [0, 0.05) is 45.8 Å². The Morgan fingerprint density at radius 1 is 0.771 bits per heavy atom. The Bertz CT molecular complexity index is 3760. The summed E-state index contributed by atoms with van der Waals surface area (Å²) in [7, 11) is -19.8. The first-order chi connectivity index (χ1) is 39.0.